The van der Waals surface area contributed by atoms with Gasteiger partial charge in [-0.2, -0.15) is 0 Å². The van der Waals surface area contributed by atoms with E-state index in [1.54, 1.807) is 0 Å². The summed E-state index contributed by atoms with van der Waals surface area (Å²) in [7, 11) is 0. The highest BCUT2D eigenvalue weighted by atomic mass is 16.4. The van der Waals surface area contributed by atoms with E-state index in [1.165, 1.54) is 0 Å². The third-order valence-electron chi connectivity index (χ3n) is 3.61. The minimum absolute atomic E-state index is 0.643. The molecule has 0 amide bonds. The van der Waals surface area contributed by atoms with Crippen LogP contribution >= 0.6 is 0 Å². The Kier molecular flexibility index (Phi) is 2.95. The van der Waals surface area contributed by atoms with Crippen LogP contribution in [0.5, 0.6) is 0 Å². The molecule has 2 heterocycles. The van der Waals surface area contributed by atoms with E-state index in [0.29, 0.717) is 0 Å². The molecule has 0 aliphatic carbocycles. The number of hydrogen-bond donors (Lipinski definition) is 2. The molecule has 1 aromatic rings. The maximum Gasteiger partial charge on any atom is 0.321 e. The first-order valence-electron chi connectivity index (χ1n) is 5.98. The first-order chi connectivity index (χ1) is 7.93. The van der Waals surface area contributed by atoms with E-state index in [-0.39, 0.29) is 0 Å². The predicted molar refractivity (Wildman–Crippen MR) is 63.8 cm³/mol. The highest BCUT2D eigenvalue weighted by Gasteiger charge is 2.36. The van der Waals surface area contributed by atoms with Gasteiger partial charge in [-0.15, -0.1) is 0 Å². The lowest BCUT2D eigenvalue weighted by Gasteiger charge is -2.26. The number of aryl methyl sites for hydroxylation is 2. The van der Waals surface area contributed by atoms with Gasteiger partial charge in [0.1, 0.15) is 11.9 Å². The fourth-order valence-electron chi connectivity index (χ4n) is 2.19. The summed E-state index contributed by atoms with van der Waals surface area (Å²) < 4.78 is 2.12. The van der Waals surface area contributed by atoms with Gasteiger partial charge in [-0.3, -0.25) is 4.79 Å². The summed E-state index contributed by atoms with van der Waals surface area (Å²) >= 11 is 0. The lowest BCUT2D eigenvalue weighted by atomic mass is 9.82. The number of nitrogens with two attached hydrogens (primary N) is 1. The van der Waals surface area contributed by atoms with E-state index in [2.05, 4.69) is 9.55 Å². The van der Waals surface area contributed by atoms with Crippen LogP contribution in [-0.4, -0.2) is 26.7 Å². The monoisotopic (exact) mass is 237 g/mol. The summed E-state index contributed by atoms with van der Waals surface area (Å²) in [5, 5.41) is 9.02. The average molecular weight is 237 g/mol. The van der Waals surface area contributed by atoms with Gasteiger partial charge >= 0.3 is 5.97 Å². The zero-order chi connectivity index (χ0) is 12.6. The lowest BCUT2D eigenvalue weighted by molar-refractivity contribution is -0.140. The van der Waals surface area contributed by atoms with Crippen molar-refractivity contribution in [2.75, 3.05) is 0 Å². The molecule has 2 rings (SSSR count). The number of aliphatic carboxylic acids is 1. The molecule has 0 aromatic carbocycles. The molecular weight excluding hydrogens is 218 g/mol. The van der Waals surface area contributed by atoms with Crippen molar-refractivity contribution in [3.63, 3.8) is 0 Å². The van der Waals surface area contributed by atoms with Gasteiger partial charge in [-0.05, 0) is 12.8 Å². The van der Waals surface area contributed by atoms with Gasteiger partial charge in [0.05, 0.1) is 5.69 Å². The summed E-state index contributed by atoms with van der Waals surface area (Å²) in [6, 6.07) is -0.931. The average Bonchev–Trinajstić information content (AvgIpc) is 2.71. The lowest BCUT2D eigenvalue weighted by Crippen LogP contribution is -2.47. The molecule has 1 aromatic heterocycles. The van der Waals surface area contributed by atoms with Gasteiger partial charge in [0.25, 0.3) is 0 Å². The van der Waals surface area contributed by atoms with E-state index in [4.69, 9.17) is 10.8 Å². The molecule has 17 heavy (non-hydrogen) atoms. The van der Waals surface area contributed by atoms with Gasteiger partial charge in [-0.1, -0.05) is 13.8 Å². The van der Waals surface area contributed by atoms with Crippen LogP contribution in [0.1, 0.15) is 38.2 Å². The Morgan fingerprint density at radius 1 is 1.59 bits per heavy atom. The zero-order valence-corrected chi connectivity index (χ0v) is 10.3. The standard InChI is InChI=1S/C12H19N3O2/c1-12(2,10(13)11(16)17)8-7-15-6-4-3-5-9(15)14-8/h7,10H,3-6,13H2,1-2H3,(H,16,17). The van der Waals surface area contributed by atoms with E-state index >= 15 is 0 Å². The molecular formula is C12H19N3O2. The Morgan fingerprint density at radius 3 is 2.88 bits per heavy atom. The van der Waals surface area contributed by atoms with Crippen LogP contribution in [-0.2, 0) is 23.2 Å². The van der Waals surface area contributed by atoms with E-state index in [0.717, 1.165) is 37.3 Å². The fourth-order valence-corrected chi connectivity index (χ4v) is 2.19. The van der Waals surface area contributed by atoms with E-state index in [1.807, 2.05) is 20.0 Å². The van der Waals surface area contributed by atoms with Crippen molar-refractivity contribution in [3.8, 4) is 0 Å². The number of aromatic nitrogens is 2. The topological polar surface area (TPSA) is 81.1 Å². The van der Waals surface area contributed by atoms with Crippen LogP contribution in [0.3, 0.4) is 0 Å². The van der Waals surface area contributed by atoms with Gasteiger partial charge in [0, 0.05) is 24.6 Å². The Labute approximate surface area is 101 Å². The van der Waals surface area contributed by atoms with Crippen LogP contribution < -0.4 is 5.73 Å². The molecule has 1 aliphatic heterocycles. The molecule has 1 unspecified atom stereocenters. The highest BCUT2D eigenvalue weighted by Crippen LogP contribution is 2.27. The maximum absolute atomic E-state index is 11.0. The summed E-state index contributed by atoms with van der Waals surface area (Å²) in [4.78, 5) is 15.5. The number of fused-ring (bicyclic) bond motifs is 1. The largest absolute Gasteiger partial charge is 0.480 e. The smallest absolute Gasteiger partial charge is 0.321 e. The normalized spacial score (nSPS) is 17.6. The molecule has 0 saturated carbocycles. The van der Waals surface area contributed by atoms with Gasteiger partial charge in [0.2, 0.25) is 0 Å². The van der Waals surface area contributed by atoms with E-state index < -0.39 is 17.4 Å². The third kappa shape index (κ3) is 2.07. The van der Waals surface area contributed by atoms with Crippen molar-refractivity contribution < 1.29 is 9.90 Å². The van der Waals surface area contributed by atoms with Crippen LogP contribution in [0.15, 0.2) is 6.20 Å². The number of imidazole rings is 1. The van der Waals surface area contributed by atoms with Crippen LogP contribution in [0.25, 0.3) is 0 Å². The molecule has 1 atom stereocenters. The van der Waals surface area contributed by atoms with Crippen molar-refractivity contribution >= 4 is 5.97 Å². The first-order valence-corrected chi connectivity index (χ1v) is 5.98. The van der Waals surface area contributed by atoms with Crippen LogP contribution in [0, 0.1) is 0 Å². The quantitative estimate of drug-likeness (QED) is 0.818. The summed E-state index contributed by atoms with van der Waals surface area (Å²) in [5.74, 6) is 0.0675. The number of carboxylic acids is 1. The minimum Gasteiger partial charge on any atom is -0.480 e. The Bertz CT molecular complexity index is 413. The molecule has 3 N–H and O–H groups in total. The highest BCUT2D eigenvalue weighted by molar-refractivity contribution is 5.75. The molecule has 0 bridgehead atoms. The maximum atomic E-state index is 11.0. The summed E-state index contributed by atoms with van der Waals surface area (Å²) in [5.41, 5.74) is 5.87. The Hall–Kier alpha value is -1.36. The van der Waals surface area contributed by atoms with Crippen molar-refractivity contribution in [2.24, 2.45) is 5.73 Å². The molecule has 0 spiro atoms. The Balaban J connectivity index is 2.33. The second-order valence-electron chi connectivity index (χ2n) is 5.23. The number of rotatable bonds is 3. The molecule has 94 valence electrons. The van der Waals surface area contributed by atoms with Crippen molar-refractivity contribution in [3.05, 3.63) is 17.7 Å². The SMILES string of the molecule is CC(C)(c1cn2c(n1)CCCC2)C(N)C(=O)O. The second-order valence-corrected chi connectivity index (χ2v) is 5.23. The van der Waals surface area contributed by atoms with Gasteiger partial charge in [-0.25, -0.2) is 4.98 Å². The van der Waals surface area contributed by atoms with Gasteiger partial charge in [0.15, 0.2) is 0 Å². The second kappa shape index (κ2) is 4.14. The Morgan fingerprint density at radius 2 is 2.29 bits per heavy atom. The van der Waals surface area contributed by atoms with Crippen LogP contribution in [0.2, 0.25) is 0 Å². The van der Waals surface area contributed by atoms with Crippen molar-refractivity contribution in [1.29, 1.82) is 0 Å². The summed E-state index contributed by atoms with van der Waals surface area (Å²) in [6.07, 6.45) is 5.24. The molecule has 5 heteroatoms. The van der Waals surface area contributed by atoms with Crippen LogP contribution in [0.4, 0.5) is 0 Å². The van der Waals surface area contributed by atoms with Crippen molar-refractivity contribution in [2.45, 2.75) is 51.1 Å². The predicted octanol–water partition coefficient (Wildman–Crippen LogP) is 0.909. The zero-order valence-electron chi connectivity index (χ0n) is 10.3. The van der Waals surface area contributed by atoms with E-state index in [9.17, 15) is 4.79 Å². The molecule has 0 saturated heterocycles. The number of hydrogen-bond acceptors (Lipinski definition) is 3. The molecule has 5 nitrogen and oxygen atoms in total. The minimum atomic E-state index is -0.985. The molecule has 0 radical (unpaired) electrons. The molecule has 1 aliphatic rings. The van der Waals surface area contributed by atoms with Gasteiger partial charge < -0.3 is 15.4 Å². The fraction of sp³-hybridized carbons (Fsp3) is 0.667. The number of nitrogens with zero attached hydrogens (tertiary/aromatic N) is 2. The number of carboxylic acid groups (broad SMARTS) is 1. The molecule has 0 fully saturated rings. The summed E-state index contributed by atoms with van der Waals surface area (Å²) in [6.45, 7) is 4.64. The third-order valence-corrected chi connectivity index (χ3v) is 3.61. The first kappa shape index (κ1) is 12.1. The number of carbonyl (C=O) groups is 1. The van der Waals surface area contributed by atoms with Crippen molar-refractivity contribution in [1.82, 2.24) is 9.55 Å².